The number of methoxy groups -OCH3 is 1. The maximum Gasteiger partial charge on any atom is 0.337 e. The van der Waals surface area contributed by atoms with Gasteiger partial charge >= 0.3 is 5.97 Å². The fourth-order valence-corrected chi connectivity index (χ4v) is 2.67. The summed E-state index contributed by atoms with van der Waals surface area (Å²) < 4.78 is 5.61. The van der Waals surface area contributed by atoms with Crippen LogP contribution in [0.25, 0.3) is 0 Å². The van der Waals surface area contributed by atoms with Gasteiger partial charge in [-0.2, -0.15) is 11.8 Å². The van der Waals surface area contributed by atoms with E-state index in [-0.39, 0.29) is 5.97 Å². The summed E-state index contributed by atoms with van der Waals surface area (Å²) in [6, 6.07) is 5.98. The van der Waals surface area contributed by atoms with Gasteiger partial charge in [0.15, 0.2) is 0 Å². The molecule has 5 heteroatoms. The number of esters is 1. The molecule has 1 rings (SSSR count). The molecule has 0 aliphatic heterocycles. The monoisotopic (exact) mass is 331 g/mol. The zero-order valence-corrected chi connectivity index (χ0v) is 13.2. The third-order valence-corrected chi connectivity index (χ3v) is 4.10. The number of nitrogens with one attached hydrogen (secondary N) is 1. The van der Waals surface area contributed by atoms with E-state index in [1.807, 2.05) is 17.8 Å². The summed E-state index contributed by atoms with van der Waals surface area (Å²) in [7, 11) is 1.38. The van der Waals surface area contributed by atoms with Crippen LogP contribution in [0.4, 0.5) is 0 Å². The average Bonchev–Trinajstić information content (AvgIpc) is 2.36. The highest BCUT2D eigenvalue weighted by Gasteiger charge is 2.09. The van der Waals surface area contributed by atoms with Gasteiger partial charge in [-0.05, 0) is 30.9 Å². The van der Waals surface area contributed by atoms with Crippen LogP contribution in [0.1, 0.15) is 22.8 Å². The highest BCUT2D eigenvalue weighted by molar-refractivity contribution is 9.10. The summed E-state index contributed by atoms with van der Waals surface area (Å²) >= 11 is 5.30. The smallest absolute Gasteiger partial charge is 0.337 e. The molecule has 1 aromatic carbocycles. The molecule has 1 atom stereocenters. The molecule has 0 spiro atoms. The number of halogens is 1. The SMILES string of the molecule is COC(=O)c1ccc(CNC(C)CSC)c(Br)c1. The molecule has 0 saturated heterocycles. The minimum absolute atomic E-state index is 0.314. The normalized spacial score (nSPS) is 12.2. The lowest BCUT2D eigenvalue weighted by molar-refractivity contribution is 0.0600. The van der Waals surface area contributed by atoms with E-state index in [2.05, 4.69) is 39.2 Å². The summed E-state index contributed by atoms with van der Waals surface area (Å²) in [6.45, 7) is 2.94. The van der Waals surface area contributed by atoms with Gasteiger partial charge in [-0.3, -0.25) is 0 Å². The molecule has 0 aromatic heterocycles. The quantitative estimate of drug-likeness (QED) is 0.813. The number of hydrogen-bond donors (Lipinski definition) is 1. The summed E-state index contributed by atoms with van der Waals surface area (Å²) in [5.41, 5.74) is 1.70. The summed E-state index contributed by atoms with van der Waals surface area (Å²) in [5.74, 6) is 0.767. The second kappa shape index (κ2) is 7.81. The zero-order chi connectivity index (χ0) is 13.5. The van der Waals surface area contributed by atoms with Gasteiger partial charge in [0.25, 0.3) is 0 Å². The fraction of sp³-hybridized carbons (Fsp3) is 0.462. The maximum atomic E-state index is 11.4. The average molecular weight is 332 g/mol. The van der Waals surface area contributed by atoms with E-state index >= 15 is 0 Å². The second-order valence-electron chi connectivity index (χ2n) is 4.04. The van der Waals surface area contributed by atoms with Crippen molar-refractivity contribution in [3.8, 4) is 0 Å². The molecule has 18 heavy (non-hydrogen) atoms. The first-order valence-corrected chi connectivity index (χ1v) is 7.86. The Kier molecular flexibility index (Phi) is 6.75. The van der Waals surface area contributed by atoms with Crippen molar-refractivity contribution >= 4 is 33.7 Å². The molecule has 1 aromatic rings. The summed E-state index contributed by atoms with van der Waals surface area (Å²) in [6.07, 6.45) is 2.10. The lowest BCUT2D eigenvalue weighted by Gasteiger charge is -2.13. The molecule has 0 radical (unpaired) electrons. The van der Waals surface area contributed by atoms with Crippen LogP contribution in [-0.2, 0) is 11.3 Å². The first-order valence-electron chi connectivity index (χ1n) is 5.67. The molecule has 0 aliphatic carbocycles. The Balaban J connectivity index is 2.65. The highest BCUT2D eigenvalue weighted by atomic mass is 79.9. The van der Waals surface area contributed by atoms with Crippen LogP contribution in [-0.4, -0.2) is 31.1 Å². The van der Waals surface area contributed by atoms with Crippen LogP contribution in [0, 0.1) is 0 Å². The number of ether oxygens (including phenoxy) is 1. The van der Waals surface area contributed by atoms with Crippen molar-refractivity contribution in [3.05, 3.63) is 33.8 Å². The minimum Gasteiger partial charge on any atom is -0.465 e. The Bertz CT molecular complexity index is 412. The van der Waals surface area contributed by atoms with Crippen LogP contribution in [0.5, 0.6) is 0 Å². The number of benzene rings is 1. The van der Waals surface area contributed by atoms with Crippen molar-refractivity contribution in [2.75, 3.05) is 19.1 Å². The number of rotatable bonds is 6. The van der Waals surface area contributed by atoms with Crippen molar-refractivity contribution in [2.45, 2.75) is 19.5 Å². The Hall–Kier alpha value is -0.520. The topological polar surface area (TPSA) is 38.3 Å². The van der Waals surface area contributed by atoms with Crippen LogP contribution in [0.15, 0.2) is 22.7 Å². The van der Waals surface area contributed by atoms with E-state index < -0.39 is 0 Å². The minimum atomic E-state index is -0.314. The first-order chi connectivity index (χ1) is 8.58. The number of carbonyl (C=O) groups is 1. The van der Waals surface area contributed by atoms with Crippen molar-refractivity contribution < 1.29 is 9.53 Å². The highest BCUT2D eigenvalue weighted by Crippen LogP contribution is 2.19. The number of carbonyl (C=O) groups excluding carboxylic acids is 1. The van der Waals surface area contributed by atoms with Crippen LogP contribution < -0.4 is 5.32 Å². The van der Waals surface area contributed by atoms with Gasteiger partial charge in [0.2, 0.25) is 0 Å². The molecule has 0 bridgehead atoms. The number of hydrogen-bond acceptors (Lipinski definition) is 4. The fourth-order valence-electron chi connectivity index (χ4n) is 1.53. The molecular weight excluding hydrogens is 314 g/mol. The Labute approximate surface area is 121 Å². The third kappa shape index (κ3) is 4.63. The molecule has 1 unspecified atom stereocenters. The van der Waals surface area contributed by atoms with E-state index in [0.29, 0.717) is 11.6 Å². The molecule has 1 N–H and O–H groups in total. The Morgan fingerprint density at radius 3 is 2.83 bits per heavy atom. The largest absolute Gasteiger partial charge is 0.465 e. The van der Waals surface area contributed by atoms with Crippen molar-refractivity contribution in [2.24, 2.45) is 0 Å². The zero-order valence-electron chi connectivity index (χ0n) is 10.8. The van der Waals surface area contributed by atoms with Gasteiger partial charge in [0.05, 0.1) is 12.7 Å². The molecule has 0 aliphatic rings. The maximum absolute atomic E-state index is 11.4. The summed E-state index contributed by atoms with van der Waals surface area (Å²) in [5, 5.41) is 3.44. The van der Waals surface area contributed by atoms with Crippen molar-refractivity contribution in [3.63, 3.8) is 0 Å². The van der Waals surface area contributed by atoms with Crippen LogP contribution in [0.3, 0.4) is 0 Å². The van der Waals surface area contributed by atoms with E-state index in [1.165, 1.54) is 7.11 Å². The van der Waals surface area contributed by atoms with Gasteiger partial charge in [-0.15, -0.1) is 0 Å². The van der Waals surface area contributed by atoms with E-state index in [1.54, 1.807) is 12.1 Å². The van der Waals surface area contributed by atoms with E-state index in [9.17, 15) is 4.79 Å². The van der Waals surface area contributed by atoms with Gasteiger partial charge in [0, 0.05) is 22.8 Å². The Morgan fingerprint density at radius 1 is 1.56 bits per heavy atom. The lowest BCUT2D eigenvalue weighted by atomic mass is 10.1. The number of thioether (sulfide) groups is 1. The van der Waals surface area contributed by atoms with Gasteiger partial charge in [0.1, 0.15) is 0 Å². The molecule has 0 fully saturated rings. The third-order valence-electron chi connectivity index (χ3n) is 2.53. The van der Waals surface area contributed by atoms with Gasteiger partial charge in [-0.25, -0.2) is 4.79 Å². The Morgan fingerprint density at radius 2 is 2.28 bits per heavy atom. The van der Waals surface area contributed by atoms with E-state index in [0.717, 1.165) is 22.3 Å². The standard InChI is InChI=1S/C13H18BrNO2S/c1-9(8-18-3)15-7-11-5-4-10(6-12(11)14)13(16)17-2/h4-6,9,15H,7-8H2,1-3H3. The van der Waals surface area contributed by atoms with Crippen LogP contribution >= 0.6 is 27.7 Å². The molecular formula is C13H18BrNO2S. The molecule has 0 saturated carbocycles. The van der Waals surface area contributed by atoms with Gasteiger partial charge in [-0.1, -0.05) is 22.0 Å². The van der Waals surface area contributed by atoms with E-state index in [4.69, 9.17) is 0 Å². The van der Waals surface area contributed by atoms with Crippen molar-refractivity contribution in [1.82, 2.24) is 5.32 Å². The molecule has 100 valence electrons. The van der Waals surface area contributed by atoms with Crippen LogP contribution in [0.2, 0.25) is 0 Å². The molecule has 0 heterocycles. The summed E-state index contributed by atoms with van der Waals surface area (Å²) in [4.78, 5) is 11.4. The first kappa shape index (κ1) is 15.5. The second-order valence-corrected chi connectivity index (χ2v) is 5.80. The predicted molar refractivity (Wildman–Crippen MR) is 80.2 cm³/mol. The predicted octanol–water partition coefficient (Wildman–Crippen LogP) is 3.08. The van der Waals surface area contributed by atoms with Gasteiger partial charge < -0.3 is 10.1 Å². The van der Waals surface area contributed by atoms with Crippen molar-refractivity contribution in [1.29, 1.82) is 0 Å². The molecule has 0 amide bonds. The molecule has 3 nitrogen and oxygen atoms in total. The lowest BCUT2D eigenvalue weighted by Crippen LogP contribution is -2.27.